The van der Waals surface area contributed by atoms with Crippen LogP contribution in [0.25, 0.3) is 10.2 Å². The lowest BCUT2D eigenvalue weighted by Crippen LogP contribution is -2.12. The third-order valence-corrected chi connectivity index (χ3v) is 5.13. The summed E-state index contributed by atoms with van der Waals surface area (Å²) in [5.41, 5.74) is 1.51. The van der Waals surface area contributed by atoms with E-state index in [4.69, 9.17) is 11.6 Å². The van der Waals surface area contributed by atoms with Crippen LogP contribution in [0.15, 0.2) is 47.4 Å². The Hall–Kier alpha value is -1.56. The number of rotatable bonds is 4. The van der Waals surface area contributed by atoms with Crippen molar-refractivity contribution in [1.29, 1.82) is 0 Å². The summed E-state index contributed by atoms with van der Waals surface area (Å²) in [4.78, 5) is 17.9. The average molecular weight is 349 g/mol. The molecular weight excluding hydrogens is 336 g/mol. The second-order valence-corrected chi connectivity index (χ2v) is 7.29. The zero-order valence-corrected chi connectivity index (χ0v) is 14.2. The van der Waals surface area contributed by atoms with Crippen LogP contribution in [0.3, 0.4) is 0 Å². The molecule has 0 aliphatic carbocycles. The van der Waals surface area contributed by atoms with Gasteiger partial charge in [-0.05, 0) is 36.1 Å². The van der Waals surface area contributed by atoms with Crippen LogP contribution in [0, 0.1) is 0 Å². The van der Waals surface area contributed by atoms with Gasteiger partial charge in [0.05, 0.1) is 15.8 Å². The first kappa shape index (κ1) is 15.3. The number of nitrogens with zero attached hydrogens (tertiary/aromatic N) is 1. The number of thiazole rings is 1. The Labute approximate surface area is 141 Å². The van der Waals surface area contributed by atoms with Gasteiger partial charge < -0.3 is 0 Å². The number of hydrogen-bond acceptors (Lipinski definition) is 4. The van der Waals surface area contributed by atoms with Crippen LogP contribution in [-0.2, 0) is 0 Å². The highest BCUT2D eigenvalue weighted by molar-refractivity contribution is 7.99. The Balaban J connectivity index is 1.86. The molecule has 1 amide bonds. The monoisotopic (exact) mass is 348 g/mol. The van der Waals surface area contributed by atoms with Gasteiger partial charge in [-0.15, -0.1) is 11.8 Å². The SMILES string of the molecule is CCSc1ccccc1C(=O)Nc1nc2ccc(Cl)cc2s1. The van der Waals surface area contributed by atoms with Crippen molar-refractivity contribution in [2.75, 3.05) is 11.1 Å². The lowest BCUT2D eigenvalue weighted by molar-refractivity contribution is 0.102. The minimum absolute atomic E-state index is 0.137. The number of carbonyl (C=O) groups is 1. The fraction of sp³-hybridized carbons (Fsp3) is 0.125. The van der Waals surface area contributed by atoms with E-state index in [0.29, 0.717) is 15.7 Å². The van der Waals surface area contributed by atoms with E-state index in [1.807, 2.05) is 36.4 Å². The fourth-order valence-electron chi connectivity index (χ4n) is 2.05. The second kappa shape index (κ2) is 6.69. The number of thioether (sulfide) groups is 1. The molecule has 6 heteroatoms. The molecule has 0 fully saturated rings. The molecule has 3 rings (SSSR count). The van der Waals surface area contributed by atoms with Gasteiger partial charge in [0.15, 0.2) is 5.13 Å². The van der Waals surface area contributed by atoms with Crippen molar-refractivity contribution in [3.8, 4) is 0 Å². The first-order valence-electron chi connectivity index (χ1n) is 6.76. The predicted octanol–water partition coefficient (Wildman–Crippen LogP) is 5.31. The summed E-state index contributed by atoms with van der Waals surface area (Å²) >= 11 is 9.05. The van der Waals surface area contributed by atoms with E-state index in [0.717, 1.165) is 20.9 Å². The highest BCUT2D eigenvalue weighted by Crippen LogP contribution is 2.29. The maximum absolute atomic E-state index is 12.5. The van der Waals surface area contributed by atoms with E-state index >= 15 is 0 Å². The largest absolute Gasteiger partial charge is 0.298 e. The molecule has 0 atom stereocenters. The van der Waals surface area contributed by atoms with Gasteiger partial charge in [-0.25, -0.2) is 4.98 Å². The number of anilines is 1. The van der Waals surface area contributed by atoms with Gasteiger partial charge in [-0.3, -0.25) is 10.1 Å². The third-order valence-electron chi connectivity index (χ3n) is 3.00. The number of fused-ring (bicyclic) bond motifs is 1. The van der Waals surface area contributed by atoms with Crippen molar-refractivity contribution in [2.45, 2.75) is 11.8 Å². The first-order valence-corrected chi connectivity index (χ1v) is 8.94. The molecule has 0 bridgehead atoms. The zero-order valence-electron chi connectivity index (χ0n) is 11.8. The van der Waals surface area contributed by atoms with Gasteiger partial charge in [0.1, 0.15) is 0 Å². The summed E-state index contributed by atoms with van der Waals surface area (Å²) in [5, 5.41) is 4.13. The Bertz CT molecular complexity index is 832. The molecule has 3 nitrogen and oxygen atoms in total. The van der Waals surface area contributed by atoms with Crippen molar-refractivity contribution in [2.24, 2.45) is 0 Å². The van der Waals surface area contributed by atoms with Crippen LogP contribution >= 0.6 is 34.7 Å². The molecule has 0 unspecified atom stereocenters. The Morgan fingerprint density at radius 3 is 2.95 bits per heavy atom. The van der Waals surface area contributed by atoms with Crippen LogP contribution in [0.2, 0.25) is 5.02 Å². The smallest absolute Gasteiger partial charge is 0.258 e. The molecule has 0 aliphatic heterocycles. The van der Waals surface area contributed by atoms with Crippen LogP contribution in [0.5, 0.6) is 0 Å². The molecule has 0 radical (unpaired) electrons. The van der Waals surface area contributed by atoms with Gasteiger partial charge in [-0.2, -0.15) is 0 Å². The third kappa shape index (κ3) is 3.27. The molecule has 0 aliphatic rings. The van der Waals surface area contributed by atoms with E-state index in [9.17, 15) is 4.79 Å². The Kier molecular flexibility index (Phi) is 4.66. The quantitative estimate of drug-likeness (QED) is 0.649. The van der Waals surface area contributed by atoms with E-state index in [1.165, 1.54) is 11.3 Å². The van der Waals surface area contributed by atoms with Crippen molar-refractivity contribution in [1.82, 2.24) is 4.98 Å². The van der Waals surface area contributed by atoms with Crippen molar-refractivity contribution in [3.05, 3.63) is 53.1 Å². The molecule has 0 spiro atoms. The van der Waals surface area contributed by atoms with E-state index in [2.05, 4.69) is 17.2 Å². The first-order chi connectivity index (χ1) is 10.7. The van der Waals surface area contributed by atoms with Crippen molar-refractivity contribution >= 4 is 56.0 Å². The number of carbonyl (C=O) groups excluding carboxylic acids is 1. The molecule has 1 aromatic heterocycles. The standard InChI is InChI=1S/C16H13ClN2OS2/c1-2-21-13-6-4-3-5-11(13)15(20)19-16-18-12-8-7-10(17)9-14(12)22-16/h3-9H,2H2,1H3,(H,18,19,20). The molecule has 2 aromatic carbocycles. The van der Waals surface area contributed by atoms with E-state index < -0.39 is 0 Å². The van der Waals surface area contributed by atoms with Crippen molar-refractivity contribution in [3.63, 3.8) is 0 Å². The van der Waals surface area contributed by atoms with Gasteiger partial charge in [-0.1, -0.05) is 42.0 Å². The summed E-state index contributed by atoms with van der Waals surface area (Å²) in [6.45, 7) is 2.07. The highest BCUT2D eigenvalue weighted by atomic mass is 35.5. The minimum atomic E-state index is -0.137. The van der Waals surface area contributed by atoms with E-state index in [1.54, 1.807) is 17.8 Å². The highest BCUT2D eigenvalue weighted by Gasteiger charge is 2.13. The van der Waals surface area contributed by atoms with Crippen LogP contribution in [0.1, 0.15) is 17.3 Å². The Morgan fingerprint density at radius 2 is 2.14 bits per heavy atom. The minimum Gasteiger partial charge on any atom is -0.298 e. The van der Waals surface area contributed by atoms with Gasteiger partial charge in [0, 0.05) is 9.92 Å². The van der Waals surface area contributed by atoms with Crippen LogP contribution in [0.4, 0.5) is 5.13 Å². The normalized spacial score (nSPS) is 10.8. The summed E-state index contributed by atoms with van der Waals surface area (Å²) in [6.07, 6.45) is 0. The predicted molar refractivity (Wildman–Crippen MR) is 95.4 cm³/mol. The zero-order chi connectivity index (χ0) is 15.5. The van der Waals surface area contributed by atoms with Gasteiger partial charge in [0.25, 0.3) is 5.91 Å². The maximum Gasteiger partial charge on any atom is 0.258 e. The number of hydrogen-bond donors (Lipinski definition) is 1. The lowest BCUT2D eigenvalue weighted by atomic mass is 10.2. The molecule has 1 N–H and O–H groups in total. The molecule has 1 heterocycles. The van der Waals surface area contributed by atoms with Crippen molar-refractivity contribution < 1.29 is 4.79 Å². The number of benzene rings is 2. The van der Waals surface area contributed by atoms with Gasteiger partial charge in [0.2, 0.25) is 0 Å². The topological polar surface area (TPSA) is 42.0 Å². The fourth-order valence-corrected chi connectivity index (χ4v) is 3.99. The van der Waals surface area contributed by atoms with Crippen LogP contribution < -0.4 is 5.32 Å². The van der Waals surface area contributed by atoms with E-state index in [-0.39, 0.29) is 5.91 Å². The average Bonchev–Trinajstić information content (AvgIpc) is 2.89. The van der Waals surface area contributed by atoms with Crippen LogP contribution in [-0.4, -0.2) is 16.6 Å². The molecule has 0 saturated heterocycles. The lowest BCUT2D eigenvalue weighted by Gasteiger charge is -2.07. The number of nitrogens with one attached hydrogen (secondary N) is 1. The summed E-state index contributed by atoms with van der Waals surface area (Å²) in [7, 11) is 0. The summed E-state index contributed by atoms with van der Waals surface area (Å²) in [6, 6.07) is 13.1. The summed E-state index contributed by atoms with van der Waals surface area (Å²) in [5.74, 6) is 0.783. The molecule has 22 heavy (non-hydrogen) atoms. The summed E-state index contributed by atoms with van der Waals surface area (Å²) < 4.78 is 0.957. The number of amides is 1. The van der Waals surface area contributed by atoms with Gasteiger partial charge >= 0.3 is 0 Å². The second-order valence-electron chi connectivity index (χ2n) is 4.51. The molecule has 0 saturated carbocycles. The molecular formula is C16H13ClN2OS2. The number of halogens is 1. The maximum atomic E-state index is 12.5. The Morgan fingerprint density at radius 1 is 1.32 bits per heavy atom. The molecule has 112 valence electrons. The number of aromatic nitrogens is 1. The molecule has 3 aromatic rings.